The quantitative estimate of drug-likeness (QED) is 0.580. The van der Waals surface area contributed by atoms with Gasteiger partial charge in [0, 0.05) is 0 Å². The Bertz CT molecular complexity index is 443. The van der Waals surface area contributed by atoms with E-state index in [2.05, 4.69) is 5.32 Å². The Kier molecular flexibility index (Phi) is 4.06. The Hall–Kier alpha value is -1.20. The third-order valence-corrected chi connectivity index (χ3v) is 2.99. The van der Waals surface area contributed by atoms with Crippen molar-refractivity contribution in [2.24, 2.45) is 0 Å². The van der Waals surface area contributed by atoms with Crippen LogP contribution in [0.4, 0.5) is 0 Å². The summed E-state index contributed by atoms with van der Waals surface area (Å²) in [7, 11) is -4.30. The summed E-state index contributed by atoms with van der Waals surface area (Å²) in [6.07, 6.45) is -0.690. The first-order valence-corrected chi connectivity index (χ1v) is 6.64. The van der Waals surface area contributed by atoms with Crippen molar-refractivity contribution in [1.29, 1.82) is 0 Å². The van der Waals surface area contributed by atoms with E-state index in [0.29, 0.717) is 5.56 Å². The van der Waals surface area contributed by atoms with Gasteiger partial charge >= 0.3 is 13.6 Å². The minimum absolute atomic E-state index is 0.431. The van der Waals surface area contributed by atoms with Crippen LogP contribution in [-0.2, 0) is 14.9 Å². The first kappa shape index (κ1) is 13.9. The van der Waals surface area contributed by atoms with E-state index >= 15 is 0 Å². The molecule has 1 atom stereocenters. The summed E-state index contributed by atoms with van der Waals surface area (Å²) >= 11 is 0. The number of hydrogen-bond donors (Lipinski definition) is 4. The fraction of sp³-hybridized carbons (Fsp3) is 0.300. The lowest BCUT2D eigenvalue weighted by Crippen LogP contribution is -2.46. The van der Waals surface area contributed by atoms with Gasteiger partial charge < -0.3 is 14.9 Å². The van der Waals surface area contributed by atoms with Crippen LogP contribution in [0, 0.1) is 0 Å². The molecule has 0 amide bonds. The predicted octanol–water partition coefficient (Wildman–Crippen LogP) is 0.711. The molecule has 1 aromatic carbocycles. The predicted molar refractivity (Wildman–Crippen MR) is 61.5 cm³/mol. The molecule has 1 aromatic rings. The first-order chi connectivity index (χ1) is 7.76. The number of nitrogens with one attached hydrogen (secondary N) is 1. The highest BCUT2D eigenvalue weighted by Gasteiger charge is 2.36. The van der Waals surface area contributed by atoms with E-state index in [1.807, 2.05) is 0 Å². The summed E-state index contributed by atoms with van der Waals surface area (Å²) < 4.78 is 10.8. The molecule has 7 heteroatoms. The van der Waals surface area contributed by atoms with Crippen LogP contribution in [0.2, 0.25) is 0 Å². The molecule has 1 rings (SSSR count). The number of aliphatic carboxylic acids is 1. The van der Waals surface area contributed by atoms with E-state index in [1.54, 1.807) is 30.3 Å². The first-order valence-electron chi connectivity index (χ1n) is 4.84. The van der Waals surface area contributed by atoms with Crippen molar-refractivity contribution in [3.8, 4) is 0 Å². The molecule has 0 saturated heterocycles. The number of hydrogen-bond acceptors (Lipinski definition) is 3. The molecule has 0 radical (unpaired) electrons. The average molecular weight is 259 g/mol. The Balaban J connectivity index is 2.99. The molecule has 1 unspecified atom stereocenters. The molecule has 94 valence electrons. The highest BCUT2D eigenvalue weighted by Crippen LogP contribution is 2.34. The summed E-state index contributed by atoms with van der Waals surface area (Å²) in [5.74, 6) is -1.20. The molecule has 0 spiro atoms. The Labute approximate surface area is 98.4 Å². The molecule has 0 bridgehead atoms. The highest BCUT2D eigenvalue weighted by atomic mass is 31.2. The molecule has 6 nitrogen and oxygen atoms in total. The van der Waals surface area contributed by atoms with Crippen molar-refractivity contribution < 1.29 is 24.3 Å². The van der Waals surface area contributed by atoms with Gasteiger partial charge in [-0.3, -0.25) is 9.88 Å². The van der Waals surface area contributed by atoms with Crippen LogP contribution in [0.1, 0.15) is 12.5 Å². The Morgan fingerprint density at radius 3 is 2.29 bits per heavy atom. The lowest BCUT2D eigenvalue weighted by Gasteiger charge is -2.27. The summed E-state index contributed by atoms with van der Waals surface area (Å²) in [6.45, 7) is 1.36. The van der Waals surface area contributed by atoms with Gasteiger partial charge in [-0.15, -0.1) is 0 Å². The van der Waals surface area contributed by atoms with Crippen molar-refractivity contribution in [2.45, 2.75) is 12.5 Å². The lowest BCUT2D eigenvalue weighted by atomic mass is 9.92. The largest absolute Gasteiger partial charge is 0.480 e. The summed E-state index contributed by atoms with van der Waals surface area (Å²) in [6, 6.07) is 8.22. The van der Waals surface area contributed by atoms with Gasteiger partial charge in [-0.1, -0.05) is 30.3 Å². The molecule has 0 fully saturated rings. The van der Waals surface area contributed by atoms with E-state index in [1.165, 1.54) is 6.92 Å². The number of benzene rings is 1. The maximum atomic E-state index is 11.2. The third kappa shape index (κ3) is 3.64. The monoisotopic (exact) mass is 259 g/mol. The number of carboxylic acids is 1. The molecule has 0 aromatic heterocycles. The average Bonchev–Trinajstić information content (AvgIpc) is 2.26. The van der Waals surface area contributed by atoms with E-state index in [0.717, 1.165) is 0 Å². The zero-order chi connectivity index (χ0) is 13.1. The van der Waals surface area contributed by atoms with Crippen molar-refractivity contribution in [1.82, 2.24) is 5.32 Å². The lowest BCUT2D eigenvalue weighted by molar-refractivity contribution is -0.144. The molecular formula is C10H14NO5P. The van der Waals surface area contributed by atoms with Gasteiger partial charge in [0.25, 0.3) is 0 Å². The van der Waals surface area contributed by atoms with Gasteiger partial charge in [0.05, 0.1) is 6.29 Å². The Morgan fingerprint density at radius 2 is 1.88 bits per heavy atom. The topological polar surface area (TPSA) is 107 Å². The molecule has 4 N–H and O–H groups in total. The van der Waals surface area contributed by atoms with E-state index in [4.69, 9.17) is 14.9 Å². The van der Waals surface area contributed by atoms with E-state index in [-0.39, 0.29) is 0 Å². The second-order valence-corrected chi connectivity index (χ2v) is 5.44. The standard InChI is InChI=1S/C10H14NO5P/c1-10(9(12)13,11-7-17(14,15)16)8-5-3-2-4-6-8/h2-6,11H,7H2,1H3,(H,12,13)(H2,14,15,16). The van der Waals surface area contributed by atoms with Gasteiger partial charge in [0.15, 0.2) is 0 Å². The van der Waals surface area contributed by atoms with Gasteiger partial charge in [0.2, 0.25) is 0 Å². The number of carbonyl (C=O) groups is 1. The Morgan fingerprint density at radius 1 is 1.35 bits per heavy atom. The smallest absolute Gasteiger partial charge is 0.339 e. The van der Waals surface area contributed by atoms with Crippen LogP contribution in [0.25, 0.3) is 0 Å². The van der Waals surface area contributed by atoms with E-state index in [9.17, 15) is 9.36 Å². The zero-order valence-electron chi connectivity index (χ0n) is 9.20. The second-order valence-electron chi connectivity index (χ2n) is 3.80. The number of rotatable bonds is 5. The van der Waals surface area contributed by atoms with Crippen LogP contribution in [0.5, 0.6) is 0 Å². The van der Waals surface area contributed by atoms with Crippen molar-refractivity contribution in [3.63, 3.8) is 0 Å². The zero-order valence-corrected chi connectivity index (χ0v) is 10.1. The van der Waals surface area contributed by atoms with Crippen LogP contribution >= 0.6 is 7.60 Å². The van der Waals surface area contributed by atoms with Crippen LogP contribution in [0.3, 0.4) is 0 Å². The molecule has 0 heterocycles. The molecule has 0 saturated carbocycles. The minimum atomic E-state index is -4.30. The van der Waals surface area contributed by atoms with Crippen molar-refractivity contribution in [3.05, 3.63) is 35.9 Å². The van der Waals surface area contributed by atoms with Crippen LogP contribution in [0.15, 0.2) is 30.3 Å². The van der Waals surface area contributed by atoms with Crippen molar-refractivity contribution >= 4 is 13.6 Å². The molecule has 0 aliphatic carbocycles. The fourth-order valence-electron chi connectivity index (χ4n) is 1.33. The summed E-state index contributed by atoms with van der Waals surface area (Å²) in [4.78, 5) is 28.8. The van der Waals surface area contributed by atoms with Gasteiger partial charge in [-0.25, -0.2) is 4.79 Å². The van der Waals surface area contributed by atoms with Crippen LogP contribution < -0.4 is 5.32 Å². The van der Waals surface area contributed by atoms with Gasteiger partial charge in [-0.05, 0) is 12.5 Å². The fourth-order valence-corrected chi connectivity index (χ4v) is 1.86. The SMILES string of the molecule is CC(NCP(=O)(O)O)(C(=O)O)c1ccccc1. The van der Waals surface area contributed by atoms with Crippen molar-refractivity contribution in [2.75, 3.05) is 6.29 Å². The molecule has 0 aliphatic rings. The molecule has 17 heavy (non-hydrogen) atoms. The van der Waals surface area contributed by atoms with Crippen LogP contribution in [-0.4, -0.2) is 27.1 Å². The van der Waals surface area contributed by atoms with Gasteiger partial charge in [-0.2, -0.15) is 0 Å². The second kappa shape index (κ2) is 4.98. The third-order valence-electron chi connectivity index (χ3n) is 2.42. The number of carboxylic acid groups (broad SMARTS) is 1. The van der Waals surface area contributed by atoms with Gasteiger partial charge in [0.1, 0.15) is 5.54 Å². The highest BCUT2D eigenvalue weighted by molar-refractivity contribution is 7.51. The van der Waals surface area contributed by atoms with E-state index < -0.39 is 25.4 Å². The normalized spacial score (nSPS) is 15.2. The molecular weight excluding hydrogens is 245 g/mol. The molecule has 0 aliphatic heterocycles. The summed E-state index contributed by atoms with van der Waals surface area (Å²) in [5.41, 5.74) is -1.09. The maximum absolute atomic E-state index is 11.2. The maximum Gasteiger partial charge on any atom is 0.339 e. The minimum Gasteiger partial charge on any atom is -0.480 e. The summed E-state index contributed by atoms with van der Waals surface area (Å²) in [5, 5.41) is 11.6.